The van der Waals surface area contributed by atoms with Crippen LogP contribution in [0.4, 0.5) is 0 Å². The summed E-state index contributed by atoms with van der Waals surface area (Å²) in [6.07, 6.45) is 2.63. The normalized spacial score (nSPS) is 13.2. The molecule has 0 amide bonds. The molecule has 9 heteroatoms. The van der Waals surface area contributed by atoms with Gasteiger partial charge in [-0.05, 0) is 19.8 Å². The third kappa shape index (κ3) is 20.1. The Hall–Kier alpha value is -2.26. The number of carbonyl (C=O) groups excluding carboxylic acids is 2. The zero-order valence-electron chi connectivity index (χ0n) is 12.1. The lowest BCUT2D eigenvalue weighted by atomic mass is 10.2. The lowest BCUT2D eigenvalue weighted by Gasteiger charge is -1.92. The number of unbranched alkanes of at least 4 members (excludes halogenated alkanes) is 1. The van der Waals surface area contributed by atoms with Gasteiger partial charge in [0.15, 0.2) is 0 Å². The number of carbonyl (C=O) groups is 4. The molecule has 0 aromatic carbocycles. The van der Waals surface area contributed by atoms with Crippen LogP contribution in [0.3, 0.4) is 0 Å². The van der Waals surface area contributed by atoms with E-state index in [0.717, 1.165) is 12.2 Å². The van der Waals surface area contributed by atoms with Crippen molar-refractivity contribution >= 4 is 23.9 Å². The molecule has 0 aromatic heterocycles. The SMILES string of the molecule is CC(O)CO.O=C(O)CCCCC(=O)O.O=C1C=CC(=O)O1. The lowest BCUT2D eigenvalue weighted by molar-refractivity contribution is -0.150. The second-order valence-corrected chi connectivity index (χ2v) is 4.10. The summed E-state index contributed by atoms with van der Waals surface area (Å²) in [7, 11) is 0. The van der Waals surface area contributed by atoms with Gasteiger partial charge in [0.05, 0.1) is 12.7 Å². The number of rotatable bonds is 6. The number of aliphatic carboxylic acids is 2. The number of hydrogen-bond acceptors (Lipinski definition) is 7. The molecule has 0 saturated heterocycles. The maximum Gasteiger partial charge on any atom is 0.338 e. The molecule has 9 nitrogen and oxygen atoms in total. The molecule has 0 radical (unpaired) electrons. The van der Waals surface area contributed by atoms with Crippen LogP contribution in [0.15, 0.2) is 12.2 Å². The van der Waals surface area contributed by atoms with Gasteiger partial charge in [0, 0.05) is 25.0 Å². The van der Waals surface area contributed by atoms with E-state index >= 15 is 0 Å². The van der Waals surface area contributed by atoms with Crippen LogP contribution in [0.1, 0.15) is 32.6 Å². The number of aliphatic hydroxyl groups excluding tert-OH is 2. The van der Waals surface area contributed by atoms with Crippen LogP contribution in [0.5, 0.6) is 0 Å². The van der Waals surface area contributed by atoms with Gasteiger partial charge in [0.1, 0.15) is 0 Å². The smallest absolute Gasteiger partial charge is 0.338 e. The van der Waals surface area contributed by atoms with Crippen molar-refractivity contribution in [3.8, 4) is 0 Å². The number of carboxylic acid groups (broad SMARTS) is 2. The molecule has 1 aliphatic rings. The molecule has 4 N–H and O–H groups in total. The minimum absolute atomic E-state index is 0.0628. The van der Waals surface area contributed by atoms with Crippen LogP contribution in [-0.2, 0) is 23.9 Å². The van der Waals surface area contributed by atoms with Gasteiger partial charge in [-0.3, -0.25) is 9.59 Å². The van der Waals surface area contributed by atoms with Gasteiger partial charge < -0.3 is 25.2 Å². The van der Waals surface area contributed by atoms with E-state index in [2.05, 4.69) is 4.74 Å². The largest absolute Gasteiger partial charge is 0.481 e. The number of cyclic esters (lactones) is 2. The Morgan fingerprint density at radius 3 is 1.50 bits per heavy atom. The molecule has 1 heterocycles. The van der Waals surface area contributed by atoms with E-state index in [0.29, 0.717) is 12.8 Å². The molecule has 0 saturated carbocycles. The molecule has 1 atom stereocenters. The molecular formula is C13H20O9. The average Bonchev–Trinajstić information content (AvgIpc) is 2.79. The van der Waals surface area contributed by atoms with Crippen molar-refractivity contribution in [3.05, 3.63) is 12.2 Å². The molecule has 0 spiro atoms. The highest BCUT2D eigenvalue weighted by atomic mass is 16.6. The number of aliphatic hydroxyl groups is 2. The summed E-state index contributed by atoms with van der Waals surface area (Å²) in [6.45, 7) is 1.39. The van der Waals surface area contributed by atoms with Gasteiger partial charge in [-0.1, -0.05) is 0 Å². The second-order valence-electron chi connectivity index (χ2n) is 4.10. The summed E-state index contributed by atoms with van der Waals surface area (Å²) in [6, 6.07) is 0. The quantitative estimate of drug-likeness (QED) is 0.293. The fraction of sp³-hybridized carbons (Fsp3) is 0.538. The number of esters is 2. The van der Waals surface area contributed by atoms with Gasteiger partial charge in [-0.25, -0.2) is 9.59 Å². The Bertz CT molecular complexity index is 366. The fourth-order valence-corrected chi connectivity index (χ4v) is 0.856. The Labute approximate surface area is 126 Å². The third-order valence-corrected chi connectivity index (χ3v) is 1.85. The van der Waals surface area contributed by atoms with Crippen molar-refractivity contribution in [1.82, 2.24) is 0 Å². The van der Waals surface area contributed by atoms with Gasteiger partial charge >= 0.3 is 23.9 Å². The van der Waals surface area contributed by atoms with Crippen LogP contribution in [-0.4, -0.2) is 57.0 Å². The van der Waals surface area contributed by atoms with Crippen LogP contribution in [0.25, 0.3) is 0 Å². The van der Waals surface area contributed by atoms with Gasteiger partial charge in [0.25, 0.3) is 0 Å². The molecule has 0 aliphatic carbocycles. The first-order valence-electron chi connectivity index (χ1n) is 6.35. The first-order valence-corrected chi connectivity index (χ1v) is 6.35. The molecule has 1 aliphatic heterocycles. The summed E-state index contributed by atoms with van der Waals surface area (Å²) in [5, 5.41) is 32.3. The maximum atomic E-state index is 9.92. The van der Waals surface area contributed by atoms with E-state index in [1.54, 1.807) is 0 Å². The highest BCUT2D eigenvalue weighted by Gasteiger charge is 2.10. The monoisotopic (exact) mass is 320 g/mol. The van der Waals surface area contributed by atoms with Crippen LogP contribution < -0.4 is 0 Å². The van der Waals surface area contributed by atoms with Gasteiger partial charge in [-0.15, -0.1) is 0 Å². The van der Waals surface area contributed by atoms with Crippen molar-refractivity contribution in [1.29, 1.82) is 0 Å². The van der Waals surface area contributed by atoms with E-state index in [-0.39, 0.29) is 19.4 Å². The predicted molar refractivity (Wildman–Crippen MR) is 72.7 cm³/mol. The first-order chi connectivity index (χ1) is 10.2. The predicted octanol–water partition coefficient (Wildman–Crippen LogP) is -0.298. The van der Waals surface area contributed by atoms with Crippen molar-refractivity contribution < 1.29 is 44.3 Å². The number of ether oxygens (including phenoxy) is 1. The molecule has 22 heavy (non-hydrogen) atoms. The van der Waals surface area contributed by atoms with Crippen molar-refractivity contribution in [2.75, 3.05) is 6.61 Å². The van der Waals surface area contributed by atoms with E-state index in [1.165, 1.54) is 6.92 Å². The van der Waals surface area contributed by atoms with Crippen molar-refractivity contribution in [2.24, 2.45) is 0 Å². The Balaban J connectivity index is 0. The van der Waals surface area contributed by atoms with Crippen molar-refractivity contribution in [2.45, 2.75) is 38.7 Å². The lowest BCUT2D eigenvalue weighted by Crippen LogP contribution is -2.03. The van der Waals surface area contributed by atoms with Crippen LogP contribution >= 0.6 is 0 Å². The average molecular weight is 320 g/mol. The Morgan fingerprint density at radius 1 is 1.05 bits per heavy atom. The zero-order valence-corrected chi connectivity index (χ0v) is 12.1. The van der Waals surface area contributed by atoms with Crippen LogP contribution in [0, 0.1) is 0 Å². The van der Waals surface area contributed by atoms with E-state index in [4.69, 9.17) is 20.4 Å². The molecule has 1 unspecified atom stereocenters. The van der Waals surface area contributed by atoms with Crippen molar-refractivity contribution in [3.63, 3.8) is 0 Å². The molecule has 1 rings (SSSR count). The highest BCUT2D eigenvalue weighted by molar-refractivity contribution is 6.04. The summed E-state index contributed by atoms with van der Waals surface area (Å²) < 4.78 is 3.97. The minimum atomic E-state index is -0.870. The summed E-state index contributed by atoms with van der Waals surface area (Å²) >= 11 is 0. The van der Waals surface area contributed by atoms with E-state index in [1.807, 2.05) is 0 Å². The topological polar surface area (TPSA) is 158 Å². The number of hydrogen-bond donors (Lipinski definition) is 4. The highest BCUT2D eigenvalue weighted by Crippen LogP contribution is 1.98. The molecule has 126 valence electrons. The summed E-state index contributed by atoms with van der Waals surface area (Å²) in [5.74, 6) is -2.90. The number of carboxylic acids is 2. The summed E-state index contributed by atoms with van der Waals surface area (Å²) in [4.78, 5) is 39.6. The minimum Gasteiger partial charge on any atom is -0.481 e. The van der Waals surface area contributed by atoms with Gasteiger partial charge in [-0.2, -0.15) is 0 Å². The van der Waals surface area contributed by atoms with Crippen LogP contribution in [0.2, 0.25) is 0 Å². The zero-order chi connectivity index (χ0) is 17.5. The van der Waals surface area contributed by atoms with E-state index in [9.17, 15) is 19.2 Å². The molecule has 0 aromatic rings. The third-order valence-electron chi connectivity index (χ3n) is 1.85. The fourth-order valence-electron chi connectivity index (χ4n) is 0.856. The Morgan fingerprint density at radius 2 is 1.36 bits per heavy atom. The molecule has 0 bridgehead atoms. The second kappa shape index (κ2) is 13.7. The standard InChI is InChI=1S/C6H10O4.C4H2O3.C3H8O2/c7-5(8)3-1-2-4-6(9)10;5-3-1-2-4(6)7-3;1-3(5)2-4/h1-4H2,(H,7,8)(H,9,10);1-2H;3-5H,2H2,1H3. The maximum absolute atomic E-state index is 9.92. The molecule has 0 fully saturated rings. The Kier molecular flexibility index (Phi) is 13.7. The summed E-state index contributed by atoms with van der Waals surface area (Å²) in [5.41, 5.74) is 0. The molecular weight excluding hydrogens is 300 g/mol. The van der Waals surface area contributed by atoms with E-state index < -0.39 is 30.0 Å². The van der Waals surface area contributed by atoms with Gasteiger partial charge in [0.2, 0.25) is 0 Å². The first kappa shape index (κ1) is 22.0.